The number of sulfone groups is 1. The number of carbonyl (C=O) groups is 1. The van der Waals surface area contributed by atoms with Crippen molar-refractivity contribution in [2.75, 3.05) is 16.9 Å². The highest BCUT2D eigenvalue weighted by Gasteiger charge is 2.19. The Bertz CT molecular complexity index is 1980. The van der Waals surface area contributed by atoms with Crippen LogP contribution in [-0.4, -0.2) is 39.9 Å². The number of amides is 1. The van der Waals surface area contributed by atoms with Crippen LogP contribution in [0.1, 0.15) is 5.56 Å². The number of carbonyl (C=O) groups excluding carboxylic acids is 1. The molecule has 0 radical (unpaired) electrons. The third kappa shape index (κ3) is 5.86. The Morgan fingerprint density at radius 2 is 1.73 bits per heavy atom. The predicted molar refractivity (Wildman–Crippen MR) is 161 cm³/mol. The number of nitrogens with one attached hydrogen (secondary N) is 2. The van der Waals surface area contributed by atoms with Crippen molar-refractivity contribution < 1.29 is 13.2 Å². The van der Waals surface area contributed by atoms with Crippen molar-refractivity contribution >= 4 is 49.4 Å². The summed E-state index contributed by atoms with van der Waals surface area (Å²) >= 11 is 1.50. The lowest BCUT2D eigenvalue weighted by Crippen LogP contribution is -2.14. The van der Waals surface area contributed by atoms with Gasteiger partial charge in [-0.25, -0.2) is 23.4 Å². The highest BCUT2D eigenvalue weighted by Crippen LogP contribution is 2.35. The first kappa shape index (κ1) is 26.4. The van der Waals surface area contributed by atoms with Crippen LogP contribution in [0.3, 0.4) is 0 Å². The molecule has 0 unspecified atom stereocenters. The maximum absolute atomic E-state index is 12.7. The average Bonchev–Trinajstić information content (AvgIpc) is 3.55. The number of benzene rings is 3. The third-order valence-corrected chi connectivity index (χ3v) is 8.17. The summed E-state index contributed by atoms with van der Waals surface area (Å²) in [6.45, 7) is 0. The van der Waals surface area contributed by atoms with Crippen molar-refractivity contribution in [2.24, 2.45) is 0 Å². The molecule has 0 spiro atoms. The summed E-state index contributed by atoms with van der Waals surface area (Å²) in [4.78, 5) is 27.7. The molecule has 6 rings (SSSR count). The predicted octanol–water partition coefficient (Wildman–Crippen LogP) is 5.85. The molecule has 6 aromatic rings. The van der Waals surface area contributed by atoms with Gasteiger partial charge in [0.1, 0.15) is 5.69 Å². The minimum atomic E-state index is -3.36. The van der Waals surface area contributed by atoms with Gasteiger partial charge in [0.15, 0.2) is 14.8 Å². The van der Waals surface area contributed by atoms with E-state index in [0.717, 1.165) is 21.8 Å². The summed E-state index contributed by atoms with van der Waals surface area (Å²) in [7, 11) is -3.36. The van der Waals surface area contributed by atoms with Crippen LogP contribution < -0.4 is 10.6 Å². The van der Waals surface area contributed by atoms with Crippen LogP contribution in [0.25, 0.3) is 27.6 Å². The quantitative estimate of drug-likeness (QED) is 0.232. The van der Waals surface area contributed by atoms with E-state index >= 15 is 0 Å². The number of nitrogens with zero attached hydrogens (tertiary/aromatic N) is 4. The summed E-state index contributed by atoms with van der Waals surface area (Å²) in [5, 5.41) is 8.05. The first-order chi connectivity index (χ1) is 19.8. The maximum Gasteiger partial charge on any atom is 0.228 e. The number of hydrogen-bond acceptors (Lipinski definition) is 8. The first-order valence-electron chi connectivity index (χ1n) is 12.6. The Hall–Kier alpha value is -4.87. The zero-order valence-corrected chi connectivity index (χ0v) is 23.5. The fourth-order valence-corrected chi connectivity index (χ4v) is 5.83. The monoisotopic (exact) mass is 580 g/mol. The average molecular weight is 581 g/mol. The van der Waals surface area contributed by atoms with Gasteiger partial charge < -0.3 is 10.6 Å². The SMILES string of the molecule is CS(=O)(=O)c1cccc(Nc2nccc(-c3c(-c4cccc(NC(=O)Cc5ccccc5)c4)nc4sccn34)n2)c1. The molecule has 204 valence electrons. The Morgan fingerprint density at radius 1 is 0.927 bits per heavy atom. The maximum atomic E-state index is 12.7. The van der Waals surface area contributed by atoms with Crippen molar-refractivity contribution in [3.8, 4) is 22.6 Å². The van der Waals surface area contributed by atoms with Crippen molar-refractivity contribution in [3.63, 3.8) is 0 Å². The Labute approximate surface area is 240 Å². The zero-order valence-electron chi connectivity index (χ0n) is 21.9. The van der Waals surface area contributed by atoms with Crippen molar-refractivity contribution in [3.05, 3.63) is 108 Å². The van der Waals surface area contributed by atoms with Gasteiger partial charge in [0.25, 0.3) is 0 Å². The number of hydrogen-bond donors (Lipinski definition) is 2. The van der Waals surface area contributed by atoms with E-state index in [4.69, 9.17) is 9.97 Å². The van der Waals surface area contributed by atoms with Crippen molar-refractivity contribution in [1.82, 2.24) is 19.4 Å². The Kier molecular flexibility index (Phi) is 7.04. The molecule has 0 saturated carbocycles. The van der Waals surface area contributed by atoms with Crippen LogP contribution >= 0.6 is 11.3 Å². The molecule has 3 heterocycles. The topological polar surface area (TPSA) is 118 Å². The second-order valence-electron chi connectivity index (χ2n) is 9.35. The fraction of sp³-hybridized carbons (Fsp3) is 0.0667. The van der Waals surface area contributed by atoms with Gasteiger partial charge in [0.05, 0.1) is 22.7 Å². The van der Waals surface area contributed by atoms with Gasteiger partial charge in [0, 0.05) is 41.0 Å². The van der Waals surface area contributed by atoms with Crippen LogP contribution in [0.4, 0.5) is 17.3 Å². The van der Waals surface area contributed by atoms with Gasteiger partial charge in [0.2, 0.25) is 11.9 Å². The van der Waals surface area contributed by atoms with E-state index in [1.165, 1.54) is 17.6 Å². The molecule has 41 heavy (non-hydrogen) atoms. The number of aromatic nitrogens is 4. The molecule has 0 fully saturated rings. The molecule has 1 amide bonds. The van der Waals surface area contributed by atoms with Crippen LogP contribution in [0.5, 0.6) is 0 Å². The lowest BCUT2D eigenvalue weighted by molar-refractivity contribution is -0.115. The van der Waals surface area contributed by atoms with E-state index in [1.807, 2.05) is 70.6 Å². The second-order valence-corrected chi connectivity index (χ2v) is 12.2. The molecule has 3 aromatic carbocycles. The van der Waals surface area contributed by atoms with Crippen LogP contribution in [0, 0.1) is 0 Å². The molecule has 9 nitrogen and oxygen atoms in total. The number of anilines is 3. The lowest BCUT2D eigenvalue weighted by Gasteiger charge is -2.10. The van der Waals surface area contributed by atoms with E-state index in [9.17, 15) is 13.2 Å². The molecule has 3 aromatic heterocycles. The molecule has 0 aliphatic heterocycles. The molecule has 0 atom stereocenters. The van der Waals surface area contributed by atoms with Gasteiger partial charge in [-0.05, 0) is 42.0 Å². The molecule has 0 saturated heterocycles. The number of rotatable bonds is 8. The molecular weight excluding hydrogens is 557 g/mol. The minimum absolute atomic E-state index is 0.106. The molecule has 0 aliphatic carbocycles. The highest BCUT2D eigenvalue weighted by molar-refractivity contribution is 7.90. The highest BCUT2D eigenvalue weighted by atomic mass is 32.2. The van der Waals surface area contributed by atoms with Crippen LogP contribution in [0.2, 0.25) is 0 Å². The standard InChI is InChI=1S/C30H24N6O3S2/c1-41(38,39)24-12-6-11-23(19-24)33-29-31-14-13-25(34-29)28-27(35-30-36(28)15-16-40-30)21-9-5-10-22(18-21)32-26(37)17-20-7-3-2-4-8-20/h2-16,18-19H,17H2,1H3,(H,32,37)(H,31,33,34). The van der Waals surface area contributed by atoms with Gasteiger partial charge in [-0.3, -0.25) is 9.20 Å². The Morgan fingerprint density at radius 3 is 2.56 bits per heavy atom. The molecule has 0 aliphatic rings. The molecule has 2 N–H and O–H groups in total. The van der Waals surface area contributed by atoms with Gasteiger partial charge in [-0.15, -0.1) is 11.3 Å². The van der Waals surface area contributed by atoms with Crippen LogP contribution in [-0.2, 0) is 21.1 Å². The van der Waals surface area contributed by atoms with E-state index in [2.05, 4.69) is 15.6 Å². The lowest BCUT2D eigenvalue weighted by atomic mass is 10.1. The molecular formula is C30H24N6O3S2. The number of fused-ring (bicyclic) bond motifs is 1. The summed E-state index contributed by atoms with van der Waals surface area (Å²) < 4.78 is 26.0. The van der Waals surface area contributed by atoms with Gasteiger partial charge >= 0.3 is 0 Å². The number of thiazole rings is 1. The minimum Gasteiger partial charge on any atom is -0.326 e. The van der Waals surface area contributed by atoms with Crippen LogP contribution in [0.15, 0.2) is 108 Å². The second kappa shape index (κ2) is 11.0. The Balaban J connectivity index is 1.32. The van der Waals surface area contributed by atoms with Gasteiger partial charge in [-0.1, -0.05) is 48.5 Å². The molecule has 11 heteroatoms. The third-order valence-electron chi connectivity index (χ3n) is 6.31. The van der Waals surface area contributed by atoms with E-state index < -0.39 is 9.84 Å². The normalized spacial score (nSPS) is 11.4. The largest absolute Gasteiger partial charge is 0.326 e. The van der Waals surface area contributed by atoms with E-state index in [0.29, 0.717) is 28.7 Å². The molecule has 0 bridgehead atoms. The summed E-state index contributed by atoms with van der Waals surface area (Å²) in [6, 6.07) is 25.5. The number of imidazole rings is 1. The first-order valence-corrected chi connectivity index (χ1v) is 15.4. The smallest absolute Gasteiger partial charge is 0.228 e. The van der Waals surface area contributed by atoms with Gasteiger partial charge in [-0.2, -0.15) is 0 Å². The fourth-order valence-electron chi connectivity index (χ4n) is 4.45. The summed E-state index contributed by atoms with van der Waals surface area (Å²) in [5.74, 6) is 0.206. The summed E-state index contributed by atoms with van der Waals surface area (Å²) in [6.07, 6.45) is 5.02. The van der Waals surface area contributed by atoms with Crippen molar-refractivity contribution in [1.29, 1.82) is 0 Å². The summed E-state index contributed by atoms with van der Waals surface area (Å²) in [5.41, 5.74) is 5.08. The van der Waals surface area contributed by atoms with Crippen molar-refractivity contribution in [2.45, 2.75) is 11.3 Å². The zero-order chi connectivity index (χ0) is 28.4. The van der Waals surface area contributed by atoms with E-state index in [-0.39, 0.29) is 17.2 Å². The van der Waals surface area contributed by atoms with E-state index in [1.54, 1.807) is 36.5 Å².